The zero-order chi connectivity index (χ0) is 14.7. The van der Waals surface area contributed by atoms with Gasteiger partial charge in [0.2, 0.25) is 5.91 Å². The molecule has 2 N–H and O–H groups in total. The summed E-state index contributed by atoms with van der Waals surface area (Å²) in [5.41, 5.74) is 3.08. The zero-order valence-corrected chi connectivity index (χ0v) is 13.9. The summed E-state index contributed by atoms with van der Waals surface area (Å²) in [6.45, 7) is 6.35. The fourth-order valence-electron chi connectivity index (χ4n) is 2.60. The Morgan fingerprint density at radius 2 is 2.15 bits per heavy atom. The average molecular weight is 340 g/mol. The quantitative estimate of drug-likeness (QED) is 0.835. The molecule has 1 aromatic carbocycles. The third kappa shape index (κ3) is 2.83. The highest BCUT2D eigenvalue weighted by molar-refractivity contribution is 9.10. The molecule has 4 nitrogen and oxygen atoms in total. The number of nitrogens with zero attached hydrogens (tertiary/aromatic N) is 1. The van der Waals surface area contributed by atoms with E-state index in [-0.39, 0.29) is 11.9 Å². The van der Waals surface area contributed by atoms with Crippen LogP contribution in [0.1, 0.15) is 38.3 Å². The van der Waals surface area contributed by atoms with Crippen LogP contribution in [0.5, 0.6) is 0 Å². The minimum absolute atomic E-state index is 0.0168. The van der Waals surface area contributed by atoms with Gasteiger partial charge in [-0.05, 0) is 48.5 Å². The van der Waals surface area contributed by atoms with E-state index in [1.807, 2.05) is 0 Å². The van der Waals surface area contributed by atoms with Crippen molar-refractivity contribution in [3.8, 4) is 0 Å². The number of halogens is 1. The molecular formula is C15H22BrN3O. The van der Waals surface area contributed by atoms with Crippen LogP contribution in [-0.2, 0) is 4.79 Å². The molecule has 1 unspecified atom stereocenters. The Labute approximate surface area is 129 Å². The molecule has 0 saturated heterocycles. The summed E-state index contributed by atoms with van der Waals surface area (Å²) in [7, 11) is 1.81. The summed E-state index contributed by atoms with van der Waals surface area (Å²) < 4.78 is 1.05. The summed E-state index contributed by atoms with van der Waals surface area (Å²) in [6.07, 6.45) is 2.35. The Kier molecular flexibility index (Phi) is 5.05. The van der Waals surface area contributed by atoms with Crippen LogP contribution in [0.15, 0.2) is 16.6 Å². The van der Waals surface area contributed by atoms with Gasteiger partial charge < -0.3 is 15.5 Å². The van der Waals surface area contributed by atoms with Gasteiger partial charge in [-0.2, -0.15) is 0 Å². The number of likely N-dealkylation sites (N-methyl/N-ethyl adjacent to an activating group) is 1. The molecule has 2 rings (SSSR count). The monoisotopic (exact) mass is 339 g/mol. The standard InChI is InChI=1S/C15H22BrN3O/c1-4-6-7-19(5-2)13-9-12-10(8-11(13)16)14(17-3)15(20)18-12/h8-9,14,17H,4-7H2,1-3H3,(H,18,20). The highest BCUT2D eigenvalue weighted by atomic mass is 79.9. The van der Waals surface area contributed by atoms with E-state index in [9.17, 15) is 4.79 Å². The lowest BCUT2D eigenvalue weighted by Gasteiger charge is -2.25. The first-order valence-corrected chi connectivity index (χ1v) is 7.98. The van der Waals surface area contributed by atoms with Crippen LogP contribution in [-0.4, -0.2) is 26.0 Å². The number of hydrogen-bond acceptors (Lipinski definition) is 3. The number of rotatable bonds is 6. The number of anilines is 2. The van der Waals surface area contributed by atoms with Gasteiger partial charge in [0.15, 0.2) is 0 Å². The van der Waals surface area contributed by atoms with Crippen molar-refractivity contribution in [2.45, 2.75) is 32.7 Å². The Balaban J connectivity index is 2.33. The second kappa shape index (κ2) is 6.59. The number of carbonyl (C=O) groups excluding carboxylic acids is 1. The maximum absolute atomic E-state index is 11.9. The van der Waals surface area contributed by atoms with Crippen LogP contribution in [0.2, 0.25) is 0 Å². The Bertz CT molecular complexity index is 504. The van der Waals surface area contributed by atoms with E-state index >= 15 is 0 Å². The summed E-state index contributed by atoms with van der Waals surface area (Å²) in [5, 5.41) is 6.00. The van der Waals surface area contributed by atoms with Gasteiger partial charge in [0.25, 0.3) is 0 Å². The zero-order valence-electron chi connectivity index (χ0n) is 12.3. The van der Waals surface area contributed by atoms with E-state index in [2.05, 4.69) is 57.4 Å². The van der Waals surface area contributed by atoms with E-state index in [0.717, 1.165) is 34.5 Å². The fraction of sp³-hybridized carbons (Fsp3) is 0.533. The summed E-state index contributed by atoms with van der Waals surface area (Å²) in [4.78, 5) is 14.2. The molecule has 5 heteroatoms. The lowest BCUT2D eigenvalue weighted by atomic mass is 10.1. The largest absolute Gasteiger partial charge is 0.371 e. The fourth-order valence-corrected chi connectivity index (χ4v) is 3.21. The van der Waals surface area contributed by atoms with E-state index < -0.39 is 0 Å². The van der Waals surface area contributed by atoms with Crippen LogP contribution >= 0.6 is 15.9 Å². The van der Waals surface area contributed by atoms with Gasteiger partial charge in [-0.1, -0.05) is 13.3 Å². The molecule has 0 fully saturated rings. The van der Waals surface area contributed by atoms with Crippen molar-refractivity contribution in [2.24, 2.45) is 0 Å². The maximum Gasteiger partial charge on any atom is 0.246 e. The Morgan fingerprint density at radius 1 is 1.40 bits per heavy atom. The molecule has 1 aliphatic heterocycles. The molecule has 0 spiro atoms. The second-order valence-electron chi connectivity index (χ2n) is 5.04. The second-order valence-corrected chi connectivity index (χ2v) is 5.89. The first-order valence-electron chi connectivity index (χ1n) is 7.18. The summed E-state index contributed by atoms with van der Waals surface area (Å²) in [5.74, 6) is 0.0168. The van der Waals surface area contributed by atoms with Gasteiger partial charge >= 0.3 is 0 Å². The highest BCUT2D eigenvalue weighted by Crippen LogP contribution is 2.39. The number of nitrogens with one attached hydrogen (secondary N) is 2. The number of amides is 1. The molecule has 1 aromatic rings. The Morgan fingerprint density at radius 3 is 2.75 bits per heavy atom. The maximum atomic E-state index is 11.9. The van der Waals surface area contributed by atoms with Crippen LogP contribution in [0.3, 0.4) is 0 Å². The molecule has 1 amide bonds. The number of benzene rings is 1. The molecular weight excluding hydrogens is 318 g/mol. The van der Waals surface area contributed by atoms with Crippen molar-refractivity contribution in [1.29, 1.82) is 0 Å². The molecule has 0 aliphatic carbocycles. The minimum Gasteiger partial charge on any atom is -0.371 e. The summed E-state index contributed by atoms with van der Waals surface area (Å²) >= 11 is 3.65. The smallest absolute Gasteiger partial charge is 0.246 e. The van der Waals surface area contributed by atoms with E-state index in [4.69, 9.17) is 0 Å². The van der Waals surface area contributed by atoms with E-state index in [0.29, 0.717) is 0 Å². The average Bonchev–Trinajstić information content (AvgIpc) is 2.74. The van der Waals surface area contributed by atoms with Gasteiger partial charge in [0.1, 0.15) is 6.04 Å². The molecule has 1 atom stereocenters. The van der Waals surface area contributed by atoms with E-state index in [1.54, 1.807) is 7.05 Å². The molecule has 1 aliphatic rings. The first-order chi connectivity index (χ1) is 9.62. The predicted molar refractivity (Wildman–Crippen MR) is 87.4 cm³/mol. The molecule has 0 radical (unpaired) electrons. The lowest BCUT2D eigenvalue weighted by Crippen LogP contribution is -2.24. The molecule has 0 aromatic heterocycles. The van der Waals surface area contributed by atoms with Crippen molar-refractivity contribution in [1.82, 2.24) is 5.32 Å². The SMILES string of the molecule is CCCCN(CC)c1cc2c(cc1Br)C(NC)C(=O)N2. The molecule has 20 heavy (non-hydrogen) atoms. The van der Waals surface area contributed by atoms with Gasteiger partial charge in [-0.3, -0.25) is 4.79 Å². The third-order valence-electron chi connectivity index (χ3n) is 3.74. The van der Waals surface area contributed by atoms with Crippen molar-refractivity contribution < 1.29 is 4.79 Å². The molecule has 0 saturated carbocycles. The van der Waals surface area contributed by atoms with Gasteiger partial charge in [0, 0.05) is 28.8 Å². The third-order valence-corrected chi connectivity index (χ3v) is 4.38. The number of carbonyl (C=O) groups is 1. The van der Waals surface area contributed by atoms with Gasteiger partial charge in [-0.25, -0.2) is 0 Å². The number of fused-ring (bicyclic) bond motifs is 1. The summed E-state index contributed by atoms with van der Waals surface area (Å²) in [6, 6.07) is 3.88. The van der Waals surface area contributed by atoms with Crippen molar-refractivity contribution in [3.63, 3.8) is 0 Å². The first kappa shape index (κ1) is 15.3. The topological polar surface area (TPSA) is 44.4 Å². The molecule has 0 bridgehead atoms. The minimum atomic E-state index is -0.249. The number of hydrogen-bond donors (Lipinski definition) is 2. The van der Waals surface area contributed by atoms with Crippen molar-refractivity contribution in [2.75, 3.05) is 30.4 Å². The van der Waals surface area contributed by atoms with Crippen molar-refractivity contribution in [3.05, 3.63) is 22.2 Å². The highest BCUT2D eigenvalue weighted by Gasteiger charge is 2.30. The van der Waals surface area contributed by atoms with Crippen LogP contribution in [0.4, 0.5) is 11.4 Å². The molecule has 110 valence electrons. The Hall–Kier alpha value is -1.07. The predicted octanol–water partition coefficient (Wildman–Crippen LogP) is 3.29. The van der Waals surface area contributed by atoms with Gasteiger partial charge in [0.05, 0.1) is 5.69 Å². The normalized spacial score (nSPS) is 17.0. The molecule has 1 heterocycles. The number of unbranched alkanes of at least 4 members (excludes halogenated alkanes) is 1. The lowest BCUT2D eigenvalue weighted by molar-refractivity contribution is -0.117. The van der Waals surface area contributed by atoms with Crippen LogP contribution in [0, 0.1) is 0 Å². The van der Waals surface area contributed by atoms with Crippen LogP contribution < -0.4 is 15.5 Å². The van der Waals surface area contributed by atoms with Crippen molar-refractivity contribution >= 4 is 33.2 Å². The van der Waals surface area contributed by atoms with E-state index in [1.165, 1.54) is 12.8 Å². The van der Waals surface area contributed by atoms with Gasteiger partial charge in [-0.15, -0.1) is 0 Å². The van der Waals surface area contributed by atoms with Crippen LogP contribution in [0.25, 0.3) is 0 Å².